The maximum absolute atomic E-state index is 14.0. The molecular formula is C18H19FO4. The first-order valence-electron chi connectivity index (χ1n) is 7.16. The van der Waals surface area contributed by atoms with E-state index in [0.29, 0.717) is 11.1 Å². The summed E-state index contributed by atoms with van der Waals surface area (Å²) in [5, 5.41) is 16.6. The number of hydrogen-bond acceptors (Lipinski definition) is 2. The Bertz CT molecular complexity index is 668. The molecule has 0 fully saturated rings. The van der Waals surface area contributed by atoms with E-state index in [1.165, 1.54) is 6.07 Å². The van der Waals surface area contributed by atoms with Crippen LogP contribution in [0.4, 0.5) is 4.39 Å². The molecule has 122 valence electrons. The summed E-state index contributed by atoms with van der Waals surface area (Å²) in [6, 6.07) is 13.7. The number of carboxylic acids is 2. The molecule has 0 spiro atoms. The number of rotatable bonds is 4. The first-order valence-corrected chi connectivity index (χ1v) is 7.16. The first kappa shape index (κ1) is 18.4. The van der Waals surface area contributed by atoms with Crippen LogP contribution in [0.1, 0.15) is 31.7 Å². The average Bonchev–Trinajstić information content (AvgIpc) is 2.55. The van der Waals surface area contributed by atoms with Gasteiger partial charge in [-0.05, 0) is 24.1 Å². The maximum atomic E-state index is 14.0. The molecule has 1 atom stereocenters. The van der Waals surface area contributed by atoms with Crippen molar-refractivity contribution in [2.24, 2.45) is 0 Å². The Hall–Kier alpha value is -2.69. The van der Waals surface area contributed by atoms with E-state index in [2.05, 4.69) is 0 Å². The van der Waals surface area contributed by atoms with Crippen LogP contribution in [0.15, 0.2) is 48.5 Å². The van der Waals surface area contributed by atoms with Gasteiger partial charge in [-0.3, -0.25) is 9.59 Å². The third-order valence-electron chi connectivity index (χ3n) is 3.25. The van der Waals surface area contributed by atoms with Crippen LogP contribution in [-0.4, -0.2) is 22.2 Å². The van der Waals surface area contributed by atoms with Crippen LogP contribution in [0.2, 0.25) is 0 Å². The SMILES string of the molecule is CC(C(=O)O)c1ccc(-c2ccccc2)c(F)c1.CCC(=O)O. The largest absolute Gasteiger partial charge is 0.481 e. The molecule has 0 radical (unpaired) electrons. The van der Waals surface area contributed by atoms with Gasteiger partial charge in [-0.25, -0.2) is 4.39 Å². The third-order valence-corrected chi connectivity index (χ3v) is 3.25. The maximum Gasteiger partial charge on any atom is 0.310 e. The van der Waals surface area contributed by atoms with Crippen molar-refractivity contribution in [3.05, 3.63) is 59.9 Å². The van der Waals surface area contributed by atoms with Crippen LogP contribution in [0.3, 0.4) is 0 Å². The average molecular weight is 318 g/mol. The van der Waals surface area contributed by atoms with E-state index in [1.54, 1.807) is 26.0 Å². The smallest absolute Gasteiger partial charge is 0.310 e. The van der Waals surface area contributed by atoms with E-state index in [1.807, 2.05) is 30.3 Å². The molecule has 0 saturated heterocycles. The normalized spacial score (nSPS) is 11.1. The lowest BCUT2D eigenvalue weighted by Crippen LogP contribution is -2.07. The van der Waals surface area contributed by atoms with Crippen molar-refractivity contribution < 1.29 is 24.2 Å². The quantitative estimate of drug-likeness (QED) is 0.887. The summed E-state index contributed by atoms with van der Waals surface area (Å²) in [4.78, 5) is 20.2. The molecule has 2 aromatic carbocycles. The Labute approximate surface area is 134 Å². The molecule has 2 aromatic rings. The molecule has 0 heterocycles. The fourth-order valence-electron chi connectivity index (χ4n) is 1.80. The van der Waals surface area contributed by atoms with Gasteiger partial charge in [0.1, 0.15) is 5.82 Å². The van der Waals surface area contributed by atoms with Crippen molar-refractivity contribution in [3.63, 3.8) is 0 Å². The van der Waals surface area contributed by atoms with Gasteiger partial charge >= 0.3 is 11.9 Å². The zero-order chi connectivity index (χ0) is 17.4. The van der Waals surface area contributed by atoms with Crippen molar-refractivity contribution in [1.29, 1.82) is 0 Å². The number of carbonyl (C=O) groups is 2. The molecule has 2 rings (SSSR count). The Balaban J connectivity index is 0.000000463. The van der Waals surface area contributed by atoms with Gasteiger partial charge in [0, 0.05) is 12.0 Å². The second-order valence-corrected chi connectivity index (χ2v) is 4.91. The third kappa shape index (κ3) is 5.54. The topological polar surface area (TPSA) is 74.6 Å². The van der Waals surface area contributed by atoms with E-state index < -0.39 is 23.7 Å². The molecular weight excluding hydrogens is 299 g/mol. The van der Waals surface area contributed by atoms with Crippen LogP contribution >= 0.6 is 0 Å². The Kier molecular flexibility index (Phi) is 6.93. The van der Waals surface area contributed by atoms with Crippen molar-refractivity contribution in [1.82, 2.24) is 0 Å². The summed E-state index contributed by atoms with van der Waals surface area (Å²) in [6.45, 7) is 3.14. The van der Waals surface area contributed by atoms with Crippen LogP contribution in [0, 0.1) is 5.82 Å². The number of carboxylic acid groups (broad SMARTS) is 2. The van der Waals surface area contributed by atoms with Gasteiger partial charge in [0.05, 0.1) is 5.92 Å². The van der Waals surface area contributed by atoms with Gasteiger partial charge in [0.25, 0.3) is 0 Å². The van der Waals surface area contributed by atoms with E-state index in [9.17, 15) is 14.0 Å². The Morgan fingerprint density at radius 2 is 1.65 bits per heavy atom. The minimum atomic E-state index is -0.957. The van der Waals surface area contributed by atoms with Gasteiger partial charge in [0.2, 0.25) is 0 Å². The predicted octanol–water partition coefficient (Wildman–Crippen LogP) is 4.16. The van der Waals surface area contributed by atoms with Crippen LogP contribution < -0.4 is 0 Å². The minimum absolute atomic E-state index is 0.222. The molecule has 0 aliphatic rings. The van der Waals surface area contributed by atoms with Crippen molar-refractivity contribution in [2.45, 2.75) is 26.2 Å². The molecule has 5 heteroatoms. The number of benzene rings is 2. The first-order chi connectivity index (χ1) is 10.9. The van der Waals surface area contributed by atoms with E-state index in [0.717, 1.165) is 5.56 Å². The molecule has 0 aliphatic heterocycles. The summed E-state index contributed by atoms with van der Waals surface area (Å²) in [6.07, 6.45) is 0.222. The van der Waals surface area contributed by atoms with E-state index in [-0.39, 0.29) is 6.42 Å². The van der Waals surface area contributed by atoms with Crippen molar-refractivity contribution >= 4 is 11.9 Å². The zero-order valence-electron chi connectivity index (χ0n) is 13.0. The highest BCUT2D eigenvalue weighted by Crippen LogP contribution is 2.26. The van der Waals surface area contributed by atoms with Crippen LogP contribution in [-0.2, 0) is 9.59 Å². The lowest BCUT2D eigenvalue weighted by atomic mass is 9.97. The molecule has 0 amide bonds. The fraction of sp³-hybridized carbons (Fsp3) is 0.222. The lowest BCUT2D eigenvalue weighted by molar-refractivity contribution is -0.138. The summed E-state index contributed by atoms with van der Waals surface area (Å²) in [5.41, 5.74) is 1.74. The minimum Gasteiger partial charge on any atom is -0.481 e. The van der Waals surface area contributed by atoms with Gasteiger partial charge < -0.3 is 10.2 Å². The second kappa shape index (κ2) is 8.68. The van der Waals surface area contributed by atoms with E-state index >= 15 is 0 Å². The second-order valence-electron chi connectivity index (χ2n) is 4.91. The molecule has 0 saturated carbocycles. The van der Waals surface area contributed by atoms with Crippen molar-refractivity contribution in [3.8, 4) is 11.1 Å². The fourth-order valence-corrected chi connectivity index (χ4v) is 1.80. The summed E-state index contributed by atoms with van der Waals surface area (Å²) in [7, 11) is 0. The number of hydrogen-bond donors (Lipinski definition) is 2. The van der Waals surface area contributed by atoms with Gasteiger partial charge in [-0.2, -0.15) is 0 Å². The number of halogens is 1. The standard InChI is InChI=1S/C15H13FO2.C3H6O2/c1-10(15(17)18)12-7-8-13(14(16)9-12)11-5-3-2-4-6-11;1-2-3(4)5/h2-10H,1H3,(H,17,18);2H2,1H3,(H,4,5). The highest BCUT2D eigenvalue weighted by molar-refractivity contribution is 5.76. The zero-order valence-corrected chi connectivity index (χ0v) is 13.0. The molecule has 1 unspecified atom stereocenters. The summed E-state index contributed by atoms with van der Waals surface area (Å²) < 4.78 is 14.0. The molecule has 0 bridgehead atoms. The lowest BCUT2D eigenvalue weighted by Gasteiger charge is -2.09. The molecule has 4 nitrogen and oxygen atoms in total. The molecule has 23 heavy (non-hydrogen) atoms. The van der Waals surface area contributed by atoms with Crippen LogP contribution in [0.5, 0.6) is 0 Å². The predicted molar refractivity (Wildman–Crippen MR) is 85.8 cm³/mol. The number of aliphatic carboxylic acids is 2. The highest BCUT2D eigenvalue weighted by atomic mass is 19.1. The van der Waals surface area contributed by atoms with Crippen molar-refractivity contribution in [2.75, 3.05) is 0 Å². The molecule has 0 aliphatic carbocycles. The molecule has 0 aromatic heterocycles. The highest BCUT2D eigenvalue weighted by Gasteiger charge is 2.15. The van der Waals surface area contributed by atoms with Gasteiger partial charge in [0.15, 0.2) is 0 Å². The Morgan fingerprint density at radius 1 is 1.09 bits per heavy atom. The van der Waals surface area contributed by atoms with Crippen LogP contribution in [0.25, 0.3) is 11.1 Å². The van der Waals surface area contributed by atoms with Gasteiger partial charge in [-0.1, -0.05) is 49.4 Å². The van der Waals surface area contributed by atoms with E-state index in [4.69, 9.17) is 10.2 Å². The Morgan fingerprint density at radius 3 is 2.09 bits per heavy atom. The molecule has 2 N–H and O–H groups in total. The summed E-state index contributed by atoms with van der Waals surface area (Å²) >= 11 is 0. The van der Waals surface area contributed by atoms with Gasteiger partial charge in [-0.15, -0.1) is 0 Å². The monoisotopic (exact) mass is 318 g/mol. The summed E-state index contributed by atoms with van der Waals surface area (Å²) in [5.74, 6) is -2.80.